The average molecular weight is 421 g/mol. The van der Waals surface area contributed by atoms with E-state index in [4.69, 9.17) is 21.1 Å². The van der Waals surface area contributed by atoms with Gasteiger partial charge in [0.1, 0.15) is 17.1 Å². The van der Waals surface area contributed by atoms with Gasteiger partial charge in [0.05, 0.1) is 17.3 Å². The number of anilines is 1. The first-order valence-electron chi connectivity index (χ1n) is 8.95. The highest BCUT2D eigenvalue weighted by atomic mass is 35.5. The molecule has 1 atom stereocenters. The zero-order valence-corrected chi connectivity index (χ0v) is 16.5. The minimum absolute atomic E-state index is 0.0589. The van der Waals surface area contributed by atoms with E-state index < -0.39 is 5.82 Å². The summed E-state index contributed by atoms with van der Waals surface area (Å²) in [5.41, 5.74) is 0.270. The van der Waals surface area contributed by atoms with E-state index in [1.807, 2.05) is 0 Å². The van der Waals surface area contributed by atoms with Crippen molar-refractivity contribution in [2.24, 2.45) is 0 Å². The van der Waals surface area contributed by atoms with E-state index >= 15 is 0 Å². The van der Waals surface area contributed by atoms with Gasteiger partial charge in [0.25, 0.3) is 5.91 Å². The molecular formula is C20H18ClFN2O3S. The Bertz CT molecular complexity index is 973. The minimum Gasteiger partial charge on any atom is -0.484 e. The van der Waals surface area contributed by atoms with Crippen molar-refractivity contribution in [3.63, 3.8) is 0 Å². The Morgan fingerprint density at radius 3 is 2.86 bits per heavy atom. The van der Waals surface area contributed by atoms with Gasteiger partial charge in [-0.15, -0.1) is 0 Å². The molecule has 0 spiro atoms. The first-order chi connectivity index (χ1) is 13.6. The Morgan fingerprint density at radius 1 is 1.32 bits per heavy atom. The predicted octanol–water partition coefficient (Wildman–Crippen LogP) is 4.68. The molecule has 1 fully saturated rings. The summed E-state index contributed by atoms with van der Waals surface area (Å²) in [6.07, 6.45) is 1.78. The van der Waals surface area contributed by atoms with Crippen molar-refractivity contribution in [2.75, 3.05) is 24.7 Å². The van der Waals surface area contributed by atoms with Crippen LogP contribution in [0.5, 0.6) is 5.75 Å². The van der Waals surface area contributed by atoms with E-state index in [-0.39, 0.29) is 24.1 Å². The van der Waals surface area contributed by atoms with Crippen LogP contribution in [0.3, 0.4) is 0 Å². The summed E-state index contributed by atoms with van der Waals surface area (Å²) in [4.78, 5) is 18.8. The van der Waals surface area contributed by atoms with Gasteiger partial charge >= 0.3 is 0 Å². The second-order valence-corrected chi connectivity index (χ2v) is 7.91. The number of carbonyl (C=O) groups is 1. The number of benzene rings is 2. The number of ether oxygens (including phenoxy) is 2. The summed E-state index contributed by atoms with van der Waals surface area (Å²) in [5.74, 6) is -0.114. The number of para-hydroxylation sites is 1. The molecule has 0 bridgehead atoms. The van der Waals surface area contributed by atoms with Crippen molar-refractivity contribution < 1.29 is 18.7 Å². The SMILES string of the molecule is O=C(COc1ccc(Cl)cc1)N(CC1CCCO1)c1nc2c(F)cccc2s1. The van der Waals surface area contributed by atoms with Crippen LogP contribution >= 0.6 is 22.9 Å². The van der Waals surface area contributed by atoms with Gasteiger partial charge in [-0.25, -0.2) is 9.37 Å². The quantitative estimate of drug-likeness (QED) is 0.581. The number of amides is 1. The number of hydrogen-bond donors (Lipinski definition) is 0. The van der Waals surface area contributed by atoms with Crippen LogP contribution in [0.15, 0.2) is 42.5 Å². The molecule has 1 saturated heterocycles. The van der Waals surface area contributed by atoms with Gasteiger partial charge in [-0.1, -0.05) is 29.0 Å². The lowest BCUT2D eigenvalue weighted by Crippen LogP contribution is -2.40. The van der Waals surface area contributed by atoms with Gasteiger partial charge < -0.3 is 9.47 Å². The van der Waals surface area contributed by atoms with Crippen LogP contribution in [-0.2, 0) is 9.53 Å². The number of rotatable bonds is 6. The van der Waals surface area contributed by atoms with Crippen LogP contribution in [0.25, 0.3) is 10.2 Å². The average Bonchev–Trinajstić information content (AvgIpc) is 3.35. The van der Waals surface area contributed by atoms with Crippen molar-refractivity contribution in [1.29, 1.82) is 0 Å². The Labute approximate surface area is 170 Å². The summed E-state index contributed by atoms with van der Waals surface area (Å²) in [7, 11) is 0. The van der Waals surface area contributed by atoms with Crippen LogP contribution < -0.4 is 9.64 Å². The van der Waals surface area contributed by atoms with Crippen molar-refractivity contribution in [3.8, 4) is 5.75 Å². The number of thiazole rings is 1. The standard InChI is InChI=1S/C20H18ClFN2O3S/c21-13-6-8-14(9-7-13)27-12-18(25)24(11-15-3-2-10-26-15)20-23-19-16(22)4-1-5-17(19)28-20/h1,4-9,15H,2-3,10-12H2. The molecule has 3 aromatic rings. The molecule has 2 aromatic carbocycles. The van der Waals surface area contributed by atoms with Crippen molar-refractivity contribution in [3.05, 3.63) is 53.3 Å². The fraction of sp³-hybridized carbons (Fsp3) is 0.300. The summed E-state index contributed by atoms with van der Waals surface area (Å²) in [5, 5.41) is 1.04. The van der Waals surface area contributed by atoms with Gasteiger partial charge in [0.2, 0.25) is 0 Å². The normalized spacial score (nSPS) is 16.4. The van der Waals surface area contributed by atoms with Crippen molar-refractivity contribution in [1.82, 2.24) is 4.98 Å². The van der Waals surface area contributed by atoms with Crippen LogP contribution in [0.4, 0.5) is 9.52 Å². The molecule has 5 nitrogen and oxygen atoms in total. The Balaban J connectivity index is 1.55. The molecule has 1 aromatic heterocycles. The van der Waals surface area contributed by atoms with Gasteiger partial charge in [-0.2, -0.15) is 0 Å². The van der Waals surface area contributed by atoms with Gasteiger partial charge in [0.15, 0.2) is 11.7 Å². The topological polar surface area (TPSA) is 51.7 Å². The Hall–Kier alpha value is -2.22. The van der Waals surface area contributed by atoms with Crippen LogP contribution in [-0.4, -0.2) is 36.8 Å². The fourth-order valence-electron chi connectivity index (χ4n) is 3.05. The Morgan fingerprint density at radius 2 is 2.14 bits per heavy atom. The summed E-state index contributed by atoms with van der Waals surface area (Å²) in [6.45, 7) is 0.888. The number of halogens is 2. The molecule has 28 heavy (non-hydrogen) atoms. The molecule has 1 amide bonds. The maximum Gasteiger partial charge on any atom is 0.266 e. The molecule has 146 valence electrons. The minimum atomic E-state index is -0.401. The molecule has 8 heteroatoms. The van der Waals surface area contributed by atoms with E-state index in [0.29, 0.717) is 33.8 Å². The fourth-order valence-corrected chi connectivity index (χ4v) is 4.18. The number of carbonyl (C=O) groups excluding carboxylic acids is 1. The van der Waals surface area contributed by atoms with E-state index in [0.717, 1.165) is 12.8 Å². The lowest BCUT2D eigenvalue weighted by molar-refractivity contribution is -0.120. The lowest BCUT2D eigenvalue weighted by Gasteiger charge is -2.23. The molecule has 0 aliphatic carbocycles. The molecule has 1 unspecified atom stereocenters. The third-order valence-electron chi connectivity index (χ3n) is 4.48. The van der Waals surface area contributed by atoms with Crippen LogP contribution in [0.2, 0.25) is 5.02 Å². The highest BCUT2D eigenvalue weighted by Gasteiger charge is 2.27. The van der Waals surface area contributed by atoms with E-state index in [2.05, 4.69) is 4.98 Å². The van der Waals surface area contributed by atoms with Crippen molar-refractivity contribution in [2.45, 2.75) is 18.9 Å². The first kappa shape index (κ1) is 19.1. The second-order valence-electron chi connectivity index (χ2n) is 6.46. The van der Waals surface area contributed by atoms with E-state index in [9.17, 15) is 9.18 Å². The maximum absolute atomic E-state index is 14.1. The van der Waals surface area contributed by atoms with Crippen LogP contribution in [0.1, 0.15) is 12.8 Å². The third-order valence-corrected chi connectivity index (χ3v) is 5.77. The number of fused-ring (bicyclic) bond motifs is 1. The predicted molar refractivity (Wildman–Crippen MR) is 108 cm³/mol. The van der Waals surface area contributed by atoms with Gasteiger partial charge in [0, 0.05) is 11.6 Å². The largest absolute Gasteiger partial charge is 0.484 e. The molecule has 0 N–H and O–H groups in total. The molecular weight excluding hydrogens is 403 g/mol. The highest BCUT2D eigenvalue weighted by molar-refractivity contribution is 7.22. The molecule has 0 saturated carbocycles. The summed E-state index contributed by atoms with van der Waals surface area (Å²) < 4.78 is 26.0. The number of nitrogens with zero attached hydrogens (tertiary/aromatic N) is 2. The zero-order chi connectivity index (χ0) is 19.5. The third kappa shape index (κ3) is 4.27. The molecule has 0 radical (unpaired) electrons. The maximum atomic E-state index is 14.1. The van der Waals surface area contributed by atoms with E-state index in [1.54, 1.807) is 36.4 Å². The Kier molecular flexibility index (Phi) is 5.75. The van der Waals surface area contributed by atoms with Crippen molar-refractivity contribution >= 4 is 44.2 Å². The van der Waals surface area contributed by atoms with Gasteiger partial charge in [-0.05, 0) is 49.2 Å². The molecule has 1 aliphatic heterocycles. The van der Waals surface area contributed by atoms with Crippen LogP contribution in [0, 0.1) is 5.82 Å². The second kappa shape index (κ2) is 8.43. The summed E-state index contributed by atoms with van der Waals surface area (Å²) in [6, 6.07) is 11.6. The smallest absolute Gasteiger partial charge is 0.266 e. The first-order valence-corrected chi connectivity index (χ1v) is 10.1. The summed E-state index contributed by atoms with van der Waals surface area (Å²) >= 11 is 7.15. The highest BCUT2D eigenvalue weighted by Crippen LogP contribution is 2.31. The molecule has 1 aliphatic rings. The number of hydrogen-bond acceptors (Lipinski definition) is 5. The molecule has 2 heterocycles. The lowest BCUT2D eigenvalue weighted by atomic mass is 10.2. The zero-order valence-electron chi connectivity index (χ0n) is 14.9. The van der Waals surface area contributed by atoms with Gasteiger partial charge in [-0.3, -0.25) is 9.69 Å². The molecule has 4 rings (SSSR count). The van der Waals surface area contributed by atoms with E-state index in [1.165, 1.54) is 22.3 Å². The monoisotopic (exact) mass is 420 g/mol. The number of aromatic nitrogens is 1.